The topological polar surface area (TPSA) is 152 Å². The smallest absolute Gasteiger partial charge is 0.306 e. The van der Waals surface area contributed by atoms with E-state index in [0.717, 1.165) is 70.6 Å². The zero-order chi connectivity index (χ0) is 38.1. The van der Waals surface area contributed by atoms with Gasteiger partial charge in [-0.3, -0.25) is 9.59 Å². The van der Waals surface area contributed by atoms with E-state index in [1.165, 1.54) is 12.8 Å². The summed E-state index contributed by atoms with van der Waals surface area (Å²) in [6, 6.07) is 0. The maximum absolute atomic E-state index is 12.7. The van der Waals surface area contributed by atoms with Crippen molar-refractivity contribution in [3.8, 4) is 0 Å². The Hall–Kier alpha value is -2.86. The lowest BCUT2D eigenvalue weighted by molar-refractivity contribution is -0.305. The van der Waals surface area contributed by atoms with Crippen LogP contribution in [0.15, 0.2) is 72.9 Å². The van der Waals surface area contributed by atoms with Crippen LogP contribution in [0.3, 0.4) is 0 Å². The summed E-state index contributed by atoms with van der Waals surface area (Å²) in [7, 11) is 0. The van der Waals surface area contributed by atoms with E-state index in [2.05, 4.69) is 74.6 Å². The number of carbonyl (C=O) groups excluding carboxylic acids is 2. The first-order valence-electron chi connectivity index (χ1n) is 19.5. The molecule has 0 saturated carbocycles. The molecular formula is C42H68O10. The van der Waals surface area contributed by atoms with Crippen molar-refractivity contribution in [3.63, 3.8) is 0 Å². The normalized spacial score (nSPS) is 21.8. The molecule has 4 N–H and O–H groups in total. The van der Waals surface area contributed by atoms with Crippen LogP contribution in [0.2, 0.25) is 0 Å². The molecule has 0 aliphatic carbocycles. The second kappa shape index (κ2) is 32.8. The first-order valence-corrected chi connectivity index (χ1v) is 19.5. The highest BCUT2D eigenvalue weighted by atomic mass is 16.7. The molecule has 1 aliphatic rings. The van der Waals surface area contributed by atoms with Crippen LogP contribution in [0.1, 0.15) is 123 Å². The molecule has 0 aromatic heterocycles. The van der Waals surface area contributed by atoms with E-state index in [-0.39, 0.29) is 26.1 Å². The Morgan fingerprint density at radius 2 is 1.17 bits per heavy atom. The number of rotatable bonds is 30. The molecule has 0 bridgehead atoms. The molecule has 0 spiro atoms. The molecule has 0 aromatic carbocycles. The summed E-state index contributed by atoms with van der Waals surface area (Å²) in [6.07, 6.45) is 32.1. The summed E-state index contributed by atoms with van der Waals surface area (Å²) in [6.45, 7) is 3.14. The van der Waals surface area contributed by atoms with Gasteiger partial charge in [0.1, 0.15) is 31.0 Å². The van der Waals surface area contributed by atoms with Gasteiger partial charge in [-0.05, 0) is 64.2 Å². The summed E-state index contributed by atoms with van der Waals surface area (Å²) in [5.41, 5.74) is 0. The van der Waals surface area contributed by atoms with Gasteiger partial charge in [-0.15, -0.1) is 0 Å². The number of carbonyl (C=O) groups is 2. The number of hydrogen-bond donors (Lipinski definition) is 4. The molecule has 1 heterocycles. The third-order valence-corrected chi connectivity index (χ3v) is 8.34. The van der Waals surface area contributed by atoms with E-state index in [4.69, 9.17) is 18.9 Å². The molecular weight excluding hydrogens is 664 g/mol. The lowest BCUT2D eigenvalue weighted by Gasteiger charge is -2.39. The summed E-state index contributed by atoms with van der Waals surface area (Å²) >= 11 is 0. The van der Waals surface area contributed by atoms with E-state index in [1.807, 2.05) is 12.2 Å². The van der Waals surface area contributed by atoms with Gasteiger partial charge < -0.3 is 39.4 Å². The van der Waals surface area contributed by atoms with Crippen LogP contribution in [0.4, 0.5) is 0 Å². The SMILES string of the molecule is CC/C=C\C/C=C\C/C=C\C/C=C\CCC(=O)OC(COC(=O)CCCCCCC/C=C\C/C=C\CCCC)COC1OC(CO)C(O)C(O)C1O. The van der Waals surface area contributed by atoms with E-state index in [1.54, 1.807) is 0 Å². The van der Waals surface area contributed by atoms with Crippen molar-refractivity contribution in [1.82, 2.24) is 0 Å². The highest BCUT2D eigenvalue weighted by Crippen LogP contribution is 2.22. The minimum Gasteiger partial charge on any atom is -0.462 e. The molecule has 1 saturated heterocycles. The summed E-state index contributed by atoms with van der Waals surface area (Å²) in [4.78, 5) is 25.1. The lowest BCUT2D eigenvalue weighted by atomic mass is 9.99. The van der Waals surface area contributed by atoms with Crippen molar-refractivity contribution in [1.29, 1.82) is 0 Å². The van der Waals surface area contributed by atoms with Crippen molar-refractivity contribution in [2.45, 2.75) is 160 Å². The van der Waals surface area contributed by atoms with Gasteiger partial charge in [0, 0.05) is 12.8 Å². The zero-order valence-electron chi connectivity index (χ0n) is 31.8. The summed E-state index contributed by atoms with van der Waals surface area (Å²) < 4.78 is 21.9. The number of allylic oxidation sites excluding steroid dienone is 12. The highest BCUT2D eigenvalue weighted by molar-refractivity contribution is 5.70. The Kier molecular flexibility index (Phi) is 29.7. The van der Waals surface area contributed by atoms with Crippen LogP contribution in [-0.4, -0.2) is 89.0 Å². The monoisotopic (exact) mass is 732 g/mol. The first kappa shape index (κ1) is 47.2. The Labute approximate surface area is 313 Å². The number of aliphatic hydroxyl groups is 4. The fourth-order valence-corrected chi connectivity index (χ4v) is 5.22. The van der Waals surface area contributed by atoms with Crippen molar-refractivity contribution in [2.75, 3.05) is 19.8 Å². The van der Waals surface area contributed by atoms with Crippen molar-refractivity contribution < 1.29 is 49.0 Å². The highest BCUT2D eigenvalue weighted by Gasteiger charge is 2.44. The summed E-state index contributed by atoms with van der Waals surface area (Å²) in [5.74, 6) is -0.928. The summed E-state index contributed by atoms with van der Waals surface area (Å²) in [5, 5.41) is 39.9. The van der Waals surface area contributed by atoms with Crippen LogP contribution < -0.4 is 0 Å². The quantitative estimate of drug-likeness (QED) is 0.0337. The van der Waals surface area contributed by atoms with Gasteiger partial charge in [0.15, 0.2) is 12.4 Å². The lowest BCUT2D eigenvalue weighted by Crippen LogP contribution is -2.59. The van der Waals surface area contributed by atoms with Crippen molar-refractivity contribution in [2.24, 2.45) is 0 Å². The van der Waals surface area contributed by atoms with Crippen LogP contribution in [0.25, 0.3) is 0 Å². The number of esters is 2. The number of ether oxygens (including phenoxy) is 4. The Bertz CT molecular complexity index is 1080. The molecule has 1 fully saturated rings. The predicted molar refractivity (Wildman–Crippen MR) is 205 cm³/mol. The zero-order valence-corrected chi connectivity index (χ0v) is 31.8. The molecule has 52 heavy (non-hydrogen) atoms. The average molecular weight is 733 g/mol. The molecule has 1 aliphatic heterocycles. The third-order valence-electron chi connectivity index (χ3n) is 8.34. The Balaban J connectivity index is 2.46. The maximum atomic E-state index is 12.7. The molecule has 0 amide bonds. The fourth-order valence-electron chi connectivity index (χ4n) is 5.22. The second-order valence-electron chi connectivity index (χ2n) is 13.0. The molecule has 10 nitrogen and oxygen atoms in total. The molecule has 1 rings (SSSR count). The van der Waals surface area contributed by atoms with Crippen LogP contribution in [0.5, 0.6) is 0 Å². The molecule has 0 aromatic rings. The van der Waals surface area contributed by atoms with Crippen molar-refractivity contribution >= 4 is 11.9 Å². The number of aliphatic hydroxyl groups excluding tert-OH is 4. The standard InChI is InChI=1S/C42H68O10/c1-3-5-7-9-11-13-15-17-19-20-22-24-26-28-30-37(44)49-33-35(34-50-42-41(48)40(47)39(46)36(32-43)52-42)51-38(45)31-29-27-25-23-21-18-16-14-12-10-8-6-4-2/h6,8-9,11-12,14-15,17-18,21,25,27,35-36,39-43,46-48H,3-5,7,10,13,16,19-20,22-24,26,28-34H2,1-2H3/b8-6-,11-9-,14-12-,17-15-,21-18-,27-25-. The van der Waals surface area contributed by atoms with Crippen LogP contribution >= 0.6 is 0 Å². The van der Waals surface area contributed by atoms with Gasteiger partial charge in [0.2, 0.25) is 0 Å². The van der Waals surface area contributed by atoms with Gasteiger partial charge in [-0.2, -0.15) is 0 Å². The Morgan fingerprint density at radius 1 is 0.615 bits per heavy atom. The number of unbranched alkanes of at least 4 members (excludes halogenated alkanes) is 7. The molecule has 6 unspecified atom stereocenters. The largest absolute Gasteiger partial charge is 0.462 e. The van der Waals surface area contributed by atoms with Gasteiger partial charge in [0.05, 0.1) is 13.2 Å². The first-order chi connectivity index (χ1) is 25.3. The molecule has 6 atom stereocenters. The molecule has 296 valence electrons. The minimum atomic E-state index is -1.61. The van der Waals surface area contributed by atoms with E-state index < -0.39 is 55.4 Å². The fraction of sp³-hybridized carbons (Fsp3) is 0.667. The van der Waals surface area contributed by atoms with E-state index in [9.17, 15) is 30.0 Å². The van der Waals surface area contributed by atoms with Gasteiger partial charge >= 0.3 is 11.9 Å². The second-order valence-corrected chi connectivity index (χ2v) is 13.0. The van der Waals surface area contributed by atoms with Gasteiger partial charge in [-0.1, -0.05) is 119 Å². The van der Waals surface area contributed by atoms with Gasteiger partial charge in [-0.25, -0.2) is 0 Å². The molecule has 10 heteroatoms. The van der Waals surface area contributed by atoms with Gasteiger partial charge in [0.25, 0.3) is 0 Å². The van der Waals surface area contributed by atoms with E-state index >= 15 is 0 Å². The van der Waals surface area contributed by atoms with E-state index in [0.29, 0.717) is 12.8 Å². The van der Waals surface area contributed by atoms with Crippen LogP contribution in [-0.2, 0) is 28.5 Å². The molecule has 0 radical (unpaired) electrons. The Morgan fingerprint density at radius 3 is 1.79 bits per heavy atom. The number of hydrogen-bond acceptors (Lipinski definition) is 10. The minimum absolute atomic E-state index is 0.102. The third kappa shape index (κ3) is 24.4. The maximum Gasteiger partial charge on any atom is 0.306 e. The predicted octanol–water partition coefficient (Wildman–Crippen LogP) is 7.27. The average Bonchev–Trinajstić information content (AvgIpc) is 3.14. The van der Waals surface area contributed by atoms with Crippen LogP contribution in [0, 0.1) is 0 Å². The van der Waals surface area contributed by atoms with Crippen molar-refractivity contribution in [3.05, 3.63) is 72.9 Å².